The molecule has 0 unspecified atom stereocenters. The van der Waals surface area contributed by atoms with Crippen LogP contribution >= 0.6 is 0 Å². The van der Waals surface area contributed by atoms with Crippen LogP contribution in [0.2, 0.25) is 0 Å². The minimum atomic E-state index is -4.09. The number of aromatic nitrogens is 2. The standard InChI is InChI=1S/C29H36N4O6S/c1-6-18(3)32-40(37,38)25-16-22(30-27(34)21-11-7-8-12-21)14-15-24(25)39-28-20(5)26(29(35)36)31-33(28)23-13-9-10-17(2)19(23)4/h9-10,13-16,18,21,32H,6-8,11-12H2,1-5H3,(H,30,34)(H,35,36)/t18-/m0/s1. The first-order valence-corrected chi connectivity index (χ1v) is 15.0. The topological polar surface area (TPSA) is 140 Å². The van der Waals surface area contributed by atoms with Gasteiger partial charge in [0, 0.05) is 23.2 Å². The molecule has 1 aliphatic rings. The number of hydrogen-bond acceptors (Lipinski definition) is 6. The maximum Gasteiger partial charge on any atom is 0.356 e. The van der Waals surface area contributed by atoms with Crippen molar-refractivity contribution in [2.45, 2.75) is 77.7 Å². The first-order chi connectivity index (χ1) is 18.9. The van der Waals surface area contributed by atoms with Gasteiger partial charge in [0.1, 0.15) is 10.6 Å². The Balaban J connectivity index is 1.82. The van der Waals surface area contributed by atoms with Crippen molar-refractivity contribution in [3.05, 3.63) is 58.8 Å². The van der Waals surface area contributed by atoms with Gasteiger partial charge in [0.2, 0.25) is 21.8 Å². The largest absolute Gasteiger partial charge is 0.476 e. The SMILES string of the molecule is CC[C@H](C)NS(=O)(=O)c1cc(NC(=O)C2CCCC2)ccc1Oc1c(C)c(C(=O)O)nn1-c1cccc(C)c1C. The number of carboxylic acids is 1. The van der Waals surface area contributed by atoms with Gasteiger partial charge in [0.25, 0.3) is 0 Å². The Bertz CT molecular complexity index is 1540. The molecule has 2 aromatic carbocycles. The Labute approximate surface area is 234 Å². The summed E-state index contributed by atoms with van der Waals surface area (Å²) >= 11 is 0. The molecule has 0 saturated heterocycles. The molecule has 1 fully saturated rings. The Hall–Kier alpha value is -3.70. The summed E-state index contributed by atoms with van der Waals surface area (Å²) in [6.07, 6.45) is 4.17. The summed E-state index contributed by atoms with van der Waals surface area (Å²) in [4.78, 5) is 24.6. The number of aromatic carboxylic acids is 1. The lowest BCUT2D eigenvalue weighted by Gasteiger charge is -2.18. The van der Waals surface area contributed by atoms with E-state index in [1.807, 2.05) is 32.9 Å². The van der Waals surface area contributed by atoms with Crippen molar-refractivity contribution in [3.63, 3.8) is 0 Å². The average Bonchev–Trinajstić information content (AvgIpc) is 3.55. The Morgan fingerprint density at radius 1 is 1.12 bits per heavy atom. The van der Waals surface area contributed by atoms with Crippen molar-refractivity contribution in [3.8, 4) is 17.3 Å². The summed E-state index contributed by atoms with van der Waals surface area (Å²) < 4.78 is 37.3. The molecule has 1 saturated carbocycles. The molecule has 1 aliphatic carbocycles. The van der Waals surface area contributed by atoms with Crippen molar-refractivity contribution < 1.29 is 27.9 Å². The quantitative estimate of drug-likeness (QED) is 0.294. The molecule has 10 nitrogen and oxygen atoms in total. The fourth-order valence-electron chi connectivity index (χ4n) is 4.76. The van der Waals surface area contributed by atoms with Gasteiger partial charge in [-0.25, -0.2) is 17.9 Å². The maximum absolute atomic E-state index is 13.5. The molecular formula is C29H36N4O6S. The van der Waals surface area contributed by atoms with Crippen LogP contribution in [-0.4, -0.2) is 41.2 Å². The third-order valence-corrected chi connectivity index (χ3v) is 9.09. The number of aryl methyl sites for hydroxylation is 1. The molecule has 0 aliphatic heterocycles. The summed E-state index contributed by atoms with van der Waals surface area (Å²) in [5.41, 5.74) is 2.80. The lowest BCUT2D eigenvalue weighted by Crippen LogP contribution is -2.32. The summed E-state index contributed by atoms with van der Waals surface area (Å²) in [6, 6.07) is 9.61. The second-order valence-corrected chi connectivity index (χ2v) is 12.1. The number of anilines is 1. The number of carbonyl (C=O) groups is 2. The number of carboxylic acid groups (broad SMARTS) is 1. The van der Waals surface area contributed by atoms with Crippen LogP contribution in [0.3, 0.4) is 0 Å². The van der Waals surface area contributed by atoms with Crippen LogP contribution in [0.1, 0.15) is 73.1 Å². The van der Waals surface area contributed by atoms with E-state index < -0.39 is 16.0 Å². The van der Waals surface area contributed by atoms with Crippen molar-refractivity contribution in [2.75, 3.05) is 5.32 Å². The van der Waals surface area contributed by atoms with Crippen LogP contribution in [0.25, 0.3) is 5.69 Å². The number of nitrogens with one attached hydrogen (secondary N) is 2. The molecule has 4 rings (SSSR count). The van der Waals surface area contributed by atoms with E-state index in [4.69, 9.17) is 4.74 Å². The van der Waals surface area contributed by atoms with Gasteiger partial charge in [-0.2, -0.15) is 9.78 Å². The van der Waals surface area contributed by atoms with E-state index in [1.165, 1.54) is 16.8 Å². The summed E-state index contributed by atoms with van der Waals surface area (Å²) in [6.45, 7) is 9.00. The van der Waals surface area contributed by atoms with Crippen LogP contribution in [-0.2, 0) is 14.8 Å². The van der Waals surface area contributed by atoms with Gasteiger partial charge in [0.15, 0.2) is 5.69 Å². The minimum absolute atomic E-state index is 0.0267. The first kappa shape index (κ1) is 29.3. The third kappa shape index (κ3) is 6.05. The van der Waals surface area contributed by atoms with E-state index in [-0.39, 0.29) is 45.6 Å². The first-order valence-electron chi connectivity index (χ1n) is 13.5. The Morgan fingerprint density at radius 3 is 2.48 bits per heavy atom. The molecule has 214 valence electrons. The summed E-state index contributed by atoms with van der Waals surface area (Å²) in [5.74, 6) is -1.42. The van der Waals surface area contributed by atoms with Crippen LogP contribution < -0.4 is 14.8 Å². The molecule has 11 heteroatoms. The van der Waals surface area contributed by atoms with Crippen LogP contribution in [0, 0.1) is 26.7 Å². The number of amides is 1. The van der Waals surface area contributed by atoms with Gasteiger partial charge in [-0.05, 0) is 82.3 Å². The van der Waals surface area contributed by atoms with E-state index in [2.05, 4.69) is 15.1 Å². The highest BCUT2D eigenvalue weighted by Gasteiger charge is 2.28. The normalized spacial score (nSPS) is 14.7. The lowest BCUT2D eigenvalue weighted by atomic mass is 10.1. The van der Waals surface area contributed by atoms with Gasteiger partial charge in [-0.15, -0.1) is 0 Å². The van der Waals surface area contributed by atoms with Crippen LogP contribution in [0.5, 0.6) is 11.6 Å². The highest BCUT2D eigenvalue weighted by atomic mass is 32.2. The lowest BCUT2D eigenvalue weighted by molar-refractivity contribution is -0.119. The highest BCUT2D eigenvalue weighted by Crippen LogP contribution is 2.36. The zero-order valence-electron chi connectivity index (χ0n) is 23.4. The van der Waals surface area contributed by atoms with E-state index in [0.29, 0.717) is 17.8 Å². The number of benzene rings is 2. The van der Waals surface area contributed by atoms with Gasteiger partial charge in [-0.3, -0.25) is 4.79 Å². The average molecular weight is 569 g/mol. The Kier molecular flexibility index (Phi) is 8.65. The van der Waals surface area contributed by atoms with Gasteiger partial charge < -0.3 is 15.2 Å². The van der Waals surface area contributed by atoms with Crippen molar-refractivity contribution >= 4 is 27.6 Å². The fraction of sp³-hybridized carbons (Fsp3) is 0.414. The molecule has 1 aromatic heterocycles. The number of rotatable bonds is 10. The second kappa shape index (κ2) is 11.8. The monoisotopic (exact) mass is 568 g/mol. The van der Waals surface area contributed by atoms with Gasteiger partial charge in [-0.1, -0.05) is 31.9 Å². The number of ether oxygens (including phenoxy) is 1. The Morgan fingerprint density at radius 2 is 1.82 bits per heavy atom. The second-order valence-electron chi connectivity index (χ2n) is 10.4. The zero-order chi connectivity index (χ0) is 29.2. The molecule has 40 heavy (non-hydrogen) atoms. The minimum Gasteiger partial charge on any atom is -0.476 e. The highest BCUT2D eigenvalue weighted by molar-refractivity contribution is 7.89. The van der Waals surface area contributed by atoms with Crippen molar-refractivity contribution in [1.29, 1.82) is 0 Å². The predicted octanol–water partition coefficient (Wildman–Crippen LogP) is 5.49. The van der Waals surface area contributed by atoms with Gasteiger partial charge in [0.05, 0.1) is 5.69 Å². The molecule has 3 N–H and O–H groups in total. The van der Waals surface area contributed by atoms with Crippen molar-refractivity contribution in [2.24, 2.45) is 5.92 Å². The molecule has 0 bridgehead atoms. The summed E-state index contributed by atoms with van der Waals surface area (Å²) in [7, 11) is -4.09. The van der Waals surface area contributed by atoms with Crippen molar-refractivity contribution in [1.82, 2.24) is 14.5 Å². The third-order valence-electron chi connectivity index (χ3n) is 7.48. The number of carbonyl (C=O) groups excluding carboxylic acids is 1. The molecule has 0 spiro atoms. The van der Waals surface area contributed by atoms with Crippen LogP contribution in [0.4, 0.5) is 5.69 Å². The number of nitrogens with zero attached hydrogens (tertiary/aromatic N) is 2. The van der Waals surface area contributed by atoms with Gasteiger partial charge >= 0.3 is 5.97 Å². The summed E-state index contributed by atoms with van der Waals surface area (Å²) in [5, 5.41) is 16.9. The molecule has 1 heterocycles. The van der Waals surface area contributed by atoms with E-state index in [0.717, 1.165) is 36.8 Å². The van der Waals surface area contributed by atoms with E-state index in [9.17, 15) is 23.1 Å². The fourth-order valence-corrected chi connectivity index (χ4v) is 6.24. The molecule has 1 amide bonds. The maximum atomic E-state index is 13.5. The number of hydrogen-bond donors (Lipinski definition) is 3. The van der Waals surface area contributed by atoms with E-state index >= 15 is 0 Å². The molecular weight excluding hydrogens is 532 g/mol. The van der Waals surface area contributed by atoms with E-state index in [1.54, 1.807) is 26.0 Å². The number of sulfonamides is 1. The molecule has 0 radical (unpaired) electrons. The zero-order valence-corrected chi connectivity index (χ0v) is 24.3. The smallest absolute Gasteiger partial charge is 0.356 e. The molecule has 1 atom stereocenters. The predicted molar refractivity (Wildman–Crippen MR) is 152 cm³/mol. The van der Waals surface area contributed by atoms with Crippen LogP contribution in [0.15, 0.2) is 41.3 Å². The molecule has 3 aromatic rings.